The van der Waals surface area contributed by atoms with Crippen LogP contribution in [0.3, 0.4) is 0 Å². The van der Waals surface area contributed by atoms with Gasteiger partial charge in [-0.2, -0.15) is 0 Å². The van der Waals surface area contributed by atoms with Crippen molar-refractivity contribution in [1.82, 2.24) is 10.3 Å². The van der Waals surface area contributed by atoms with Gasteiger partial charge in [0.1, 0.15) is 10.6 Å². The standard InChI is InChI=1S/C24H29N3O2S/c1-5-16-10-12-18(13-11-16)26-22(30)21(27-23(28)29-24(2,3)4)14-17-15-25-20-9-7-6-8-19(17)20/h6-13,15,21,25H,5,14H2,1-4H3,(H,26,30)(H,27,28)/t21-/m1/s1. The normalized spacial score (nSPS) is 12.4. The first-order valence-electron chi connectivity index (χ1n) is 10.2. The zero-order chi connectivity index (χ0) is 21.7. The SMILES string of the molecule is CCc1ccc(NC(=S)[C@@H](Cc2c[nH]c3ccccc23)NC(=O)OC(C)(C)C)cc1. The third-order valence-corrected chi connectivity index (χ3v) is 5.12. The van der Waals surface area contributed by atoms with Crippen molar-refractivity contribution in [3.8, 4) is 0 Å². The highest BCUT2D eigenvalue weighted by Gasteiger charge is 2.23. The van der Waals surface area contributed by atoms with Crippen LogP contribution in [0.1, 0.15) is 38.8 Å². The minimum absolute atomic E-state index is 0.417. The van der Waals surface area contributed by atoms with Gasteiger partial charge in [0.15, 0.2) is 0 Å². The summed E-state index contributed by atoms with van der Waals surface area (Å²) in [6, 6.07) is 15.8. The number of amides is 1. The molecular formula is C24H29N3O2S. The van der Waals surface area contributed by atoms with Crippen molar-refractivity contribution in [3.05, 3.63) is 65.9 Å². The van der Waals surface area contributed by atoms with Crippen LogP contribution in [0.5, 0.6) is 0 Å². The molecular weight excluding hydrogens is 394 g/mol. The summed E-state index contributed by atoms with van der Waals surface area (Å²) >= 11 is 5.68. The lowest BCUT2D eigenvalue weighted by atomic mass is 10.0. The Hall–Kier alpha value is -2.86. The van der Waals surface area contributed by atoms with Gasteiger partial charge >= 0.3 is 6.09 Å². The molecule has 3 N–H and O–H groups in total. The maximum atomic E-state index is 12.5. The highest BCUT2D eigenvalue weighted by molar-refractivity contribution is 7.80. The van der Waals surface area contributed by atoms with Crippen molar-refractivity contribution in [1.29, 1.82) is 0 Å². The number of aromatic nitrogens is 1. The number of carbonyl (C=O) groups is 1. The molecule has 0 aliphatic heterocycles. The number of alkyl carbamates (subject to hydrolysis) is 1. The number of ether oxygens (including phenoxy) is 1. The molecule has 0 fully saturated rings. The summed E-state index contributed by atoms with van der Waals surface area (Å²) in [5, 5.41) is 7.33. The van der Waals surface area contributed by atoms with Gasteiger partial charge in [0.05, 0.1) is 6.04 Å². The van der Waals surface area contributed by atoms with Gasteiger partial charge in [-0.1, -0.05) is 49.5 Å². The molecule has 0 aliphatic carbocycles. The van der Waals surface area contributed by atoms with Crippen LogP contribution < -0.4 is 10.6 Å². The van der Waals surface area contributed by atoms with E-state index in [1.54, 1.807) is 0 Å². The molecule has 6 heteroatoms. The molecule has 1 amide bonds. The summed E-state index contributed by atoms with van der Waals surface area (Å²) in [5.41, 5.74) is 3.70. The maximum Gasteiger partial charge on any atom is 0.408 e. The second-order valence-corrected chi connectivity index (χ2v) is 8.74. The number of thiocarbonyl (C=S) groups is 1. The van der Waals surface area contributed by atoms with E-state index in [1.807, 2.05) is 57.3 Å². The monoisotopic (exact) mass is 423 g/mol. The molecule has 0 unspecified atom stereocenters. The molecule has 1 aromatic heterocycles. The number of fused-ring (bicyclic) bond motifs is 1. The summed E-state index contributed by atoms with van der Waals surface area (Å²) in [4.78, 5) is 16.3. The van der Waals surface area contributed by atoms with E-state index < -0.39 is 17.7 Å². The number of benzene rings is 2. The van der Waals surface area contributed by atoms with Crippen LogP contribution in [-0.2, 0) is 17.6 Å². The number of H-pyrrole nitrogens is 1. The Balaban J connectivity index is 1.80. The van der Waals surface area contributed by atoms with Gasteiger partial charge in [-0.25, -0.2) is 4.79 Å². The van der Waals surface area contributed by atoms with Crippen molar-refractivity contribution in [3.63, 3.8) is 0 Å². The highest BCUT2D eigenvalue weighted by atomic mass is 32.1. The number of aryl methyl sites for hydroxylation is 1. The Labute approximate surface area is 183 Å². The van der Waals surface area contributed by atoms with Crippen molar-refractivity contribution in [2.75, 3.05) is 5.32 Å². The van der Waals surface area contributed by atoms with Gasteiger partial charge in [0.25, 0.3) is 0 Å². The van der Waals surface area contributed by atoms with Crippen molar-refractivity contribution >= 4 is 39.9 Å². The van der Waals surface area contributed by atoms with Gasteiger partial charge in [-0.05, 0) is 56.5 Å². The zero-order valence-corrected chi connectivity index (χ0v) is 18.7. The van der Waals surface area contributed by atoms with Gasteiger partial charge in [0.2, 0.25) is 0 Å². The van der Waals surface area contributed by atoms with Crippen LogP contribution in [0, 0.1) is 0 Å². The molecule has 0 aliphatic rings. The van der Waals surface area contributed by atoms with Crippen LogP contribution in [0.2, 0.25) is 0 Å². The molecule has 5 nitrogen and oxygen atoms in total. The van der Waals surface area contributed by atoms with Crippen LogP contribution >= 0.6 is 12.2 Å². The number of carbonyl (C=O) groups excluding carboxylic acids is 1. The second-order valence-electron chi connectivity index (χ2n) is 8.30. The molecule has 1 heterocycles. The average Bonchev–Trinajstić information content (AvgIpc) is 3.09. The lowest BCUT2D eigenvalue weighted by Crippen LogP contribution is -2.46. The molecule has 1 atom stereocenters. The number of rotatable bonds is 6. The molecule has 0 saturated heterocycles. The fourth-order valence-electron chi connectivity index (χ4n) is 3.23. The molecule has 158 valence electrons. The number of anilines is 1. The van der Waals surface area contributed by atoms with E-state index in [0.29, 0.717) is 11.4 Å². The van der Waals surface area contributed by atoms with Crippen molar-refractivity contribution < 1.29 is 9.53 Å². The largest absolute Gasteiger partial charge is 0.444 e. The topological polar surface area (TPSA) is 66.2 Å². The molecule has 0 saturated carbocycles. The number of hydrogen-bond donors (Lipinski definition) is 3. The molecule has 0 bridgehead atoms. The first-order chi connectivity index (χ1) is 14.2. The van der Waals surface area contributed by atoms with Gasteiger partial charge in [-0.3, -0.25) is 0 Å². The van der Waals surface area contributed by atoms with Crippen molar-refractivity contribution in [2.45, 2.75) is 52.2 Å². The Kier molecular flexibility index (Phi) is 6.77. The highest BCUT2D eigenvalue weighted by Crippen LogP contribution is 2.20. The van der Waals surface area contributed by atoms with E-state index in [-0.39, 0.29) is 0 Å². The van der Waals surface area contributed by atoms with Gasteiger partial charge in [0, 0.05) is 29.2 Å². The predicted octanol–water partition coefficient (Wildman–Crippen LogP) is 5.61. The van der Waals surface area contributed by atoms with E-state index in [1.165, 1.54) is 5.56 Å². The van der Waals surface area contributed by atoms with Crippen molar-refractivity contribution in [2.24, 2.45) is 0 Å². The van der Waals surface area contributed by atoms with Crippen LogP contribution in [-0.4, -0.2) is 27.7 Å². The quantitative estimate of drug-likeness (QED) is 0.451. The Bertz CT molecular complexity index is 1020. The minimum atomic E-state index is -0.583. The Morgan fingerprint density at radius 1 is 1.13 bits per heavy atom. The number of hydrogen-bond acceptors (Lipinski definition) is 3. The maximum absolute atomic E-state index is 12.5. The first kappa shape index (κ1) is 21.8. The fourth-order valence-corrected chi connectivity index (χ4v) is 3.49. The summed E-state index contributed by atoms with van der Waals surface area (Å²) in [6.45, 7) is 7.64. The fraction of sp³-hybridized carbons (Fsp3) is 0.333. The van der Waals surface area contributed by atoms with E-state index in [9.17, 15) is 4.79 Å². The van der Waals surface area contributed by atoms with E-state index in [2.05, 4.69) is 40.7 Å². The molecule has 0 spiro atoms. The number of para-hydroxylation sites is 1. The van der Waals surface area contributed by atoms with Gasteiger partial charge < -0.3 is 20.4 Å². The third kappa shape index (κ3) is 5.83. The molecule has 3 rings (SSSR count). The molecule has 0 radical (unpaired) electrons. The van der Waals surface area contributed by atoms with E-state index in [4.69, 9.17) is 17.0 Å². The van der Waals surface area contributed by atoms with Gasteiger partial charge in [-0.15, -0.1) is 0 Å². The Morgan fingerprint density at radius 2 is 1.83 bits per heavy atom. The number of nitrogens with one attached hydrogen (secondary N) is 3. The predicted molar refractivity (Wildman–Crippen MR) is 127 cm³/mol. The minimum Gasteiger partial charge on any atom is -0.444 e. The zero-order valence-electron chi connectivity index (χ0n) is 17.9. The summed E-state index contributed by atoms with van der Waals surface area (Å²) in [5.74, 6) is 0. The summed E-state index contributed by atoms with van der Waals surface area (Å²) in [6.07, 6.45) is 3.00. The lowest BCUT2D eigenvalue weighted by molar-refractivity contribution is 0.0518. The summed E-state index contributed by atoms with van der Waals surface area (Å²) in [7, 11) is 0. The number of aromatic amines is 1. The smallest absolute Gasteiger partial charge is 0.408 e. The lowest BCUT2D eigenvalue weighted by Gasteiger charge is -2.24. The first-order valence-corrected chi connectivity index (χ1v) is 10.6. The Morgan fingerprint density at radius 3 is 2.50 bits per heavy atom. The van der Waals surface area contributed by atoms with Crippen LogP contribution in [0.4, 0.5) is 10.5 Å². The van der Waals surface area contributed by atoms with E-state index in [0.717, 1.165) is 28.6 Å². The summed E-state index contributed by atoms with van der Waals surface area (Å²) < 4.78 is 5.46. The molecule has 3 aromatic rings. The van der Waals surface area contributed by atoms with Crippen LogP contribution in [0.15, 0.2) is 54.7 Å². The molecule has 2 aromatic carbocycles. The molecule has 30 heavy (non-hydrogen) atoms. The van der Waals surface area contributed by atoms with E-state index >= 15 is 0 Å². The third-order valence-electron chi connectivity index (χ3n) is 4.74. The average molecular weight is 424 g/mol. The van der Waals surface area contributed by atoms with Crippen LogP contribution in [0.25, 0.3) is 10.9 Å². The second kappa shape index (κ2) is 9.30.